The summed E-state index contributed by atoms with van der Waals surface area (Å²) in [7, 11) is 3.72. The van der Waals surface area contributed by atoms with Crippen molar-refractivity contribution < 1.29 is 9.90 Å². The maximum Gasteiger partial charge on any atom is 0.347 e. The van der Waals surface area contributed by atoms with Gasteiger partial charge in [0, 0.05) is 20.3 Å². The molecule has 2 aromatic rings. The average Bonchev–Trinajstić information content (AvgIpc) is 2.70. The topological polar surface area (TPSA) is 79.2 Å². The number of rotatable bonds is 4. The van der Waals surface area contributed by atoms with Crippen molar-refractivity contribution in [2.24, 2.45) is 0 Å². The van der Waals surface area contributed by atoms with E-state index in [2.05, 4.69) is 15.0 Å². The van der Waals surface area contributed by atoms with Crippen molar-refractivity contribution in [3.8, 4) is 0 Å². The number of thiazole rings is 1. The first-order valence-electron chi connectivity index (χ1n) is 5.36. The highest BCUT2D eigenvalue weighted by molar-refractivity contribution is 8.01. The van der Waals surface area contributed by atoms with Crippen LogP contribution in [-0.2, 0) is 0 Å². The summed E-state index contributed by atoms with van der Waals surface area (Å²) in [6.45, 7) is 1.69. The van der Waals surface area contributed by atoms with E-state index < -0.39 is 5.97 Å². The number of carboxylic acids is 1. The molecule has 0 bridgehead atoms. The minimum Gasteiger partial charge on any atom is -0.477 e. The monoisotopic (exact) mass is 296 g/mol. The Morgan fingerprint density at radius 3 is 2.74 bits per heavy atom. The van der Waals surface area contributed by atoms with Crippen LogP contribution in [0.4, 0.5) is 5.95 Å². The summed E-state index contributed by atoms with van der Waals surface area (Å²) < 4.78 is 0.665. The van der Waals surface area contributed by atoms with E-state index in [0.717, 1.165) is 16.4 Å². The molecule has 19 heavy (non-hydrogen) atoms. The Labute approximate surface area is 118 Å². The molecule has 0 aliphatic carbocycles. The minimum absolute atomic E-state index is 0.268. The summed E-state index contributed by atoms with van der Waals surface area (Å²) in [4.78, 5) is 25.7. The summed E-state index contributed by atoms with van der Waals surface area (Å²) >= 11 is 2.49. The molecule has 2 rings (SSSR count). The Hall–Kier alpha value is -1.67. The maximum absolute atomic E-state index is 11.0. The molecular weight excluding hydrogens is 284 g/mol. The molecular formula is C11H12N4O2S2. The van der Waals surface area contributed by atoms with Crippen LogP contribution in [-0.4, -0.2) is 40.1 Å². The van der Waals surface area contributed by atoms with Gasteiger partial charge in [0.2, 0.25) is 5.95 Å². The predicted molar refractivity (Wildman–Crippen MR) is 74.3 cm³/mol. The Bertz CT molecular complexity index is 612. The van der Waals surface area contributed by atoms with Crippen LogP contribution in [0.3, 0.4) is 0 Å². The molecule has 8 heteroatoms. The molecule has 1 N–H and O–H groups in total. The lowest BCUT2D eigenvalue weighted by atomic mass is 10.4. The molecule has 0 saturated carbocycles. The summed E-state index contributed by atoms with van der Waals surface area (Å²) in [6.07, 6.45) is 1.67. The lowest BCUT2D eigenvalue weighted by Gasteiger charge is -2.09. The molecule has 2 aromatic heterocycles. The molecule has 0 aliphatic heterocycles. The Morgan fingerprint density at radius 2 is 2.16 bits per heavy atom. The molecule has 100 valence electrons. The van der Waals surface area contributed by atoms with Crippen LogP contribution in [0.15, 0.2) is 21.6 Å². The fourth-order valence-corrected chi connectivity index (χ4v) is 3.24. The van der Waals surface area contributed by atoms with Crippen LogP contribution in [0.5, 0.6) is 0 Å². The van der Waals surface area contributed by atoms with Crippen LogP contribution >= 0.6 is 23.1 Å². The smallest absolute Gasteiger partial charge is 0.347 e. The van der Waals surface area contributed by atoms with Gasteiger partial charge in [0.1, 0.15) is 9.90 Å². The number of aromatic carboxylic acids is 1. The van der Waals surface area contributed by atoms with Gasteiger partial charge in [0.25, 0.3) is 0 Å². The largest absolute Gasteiger partial charge is 0.477 e. The molecule has 6 nitrogen and oxygen atoms in total. The summed E-state index contributed by atoms with van der Waals surface area (Å²) in [5.74, 6) is -0.338. The fraction of sp³-hybridized carbons (Fsp3) is 0.273. The van der Waals surface area contributed by atoms with Gasteiger partial charge in [0.05, 0.1) is 5.69 Å². The van der Waals surface area contributed by atoms with Crippen LogP contribution < -0.4 is 4.90 Å². The van der Waals surface area contributed by atoms with Gasteiger partial charge < -0.3 is 10.0 Å². The first-order chi connectivity index (χ1) is 8.97. The van der Waals surface area contributed by atoms with Crippen LogP contribution in [0.25, 0.3) is 0 Å². The van der Waals surface area contributed by atoms with Gasteiger partial charge in [-0.15, -0.1) is 0 Å². The van der Waals surface area contributed by atoms with Gasteiger partial charge in [-0.25, -0.2) is 19.7 Å². The van der Waals surface area contributed by atoms with Crippen molar-refractivity contribution in [2.45, 2.75) is 16.3 Å². The number of carbonyl (C=O) groups is 1. The van der Waals surface area contributed by atoms with E-state index >= 15 is 0 Å². The molecule has 0 saturated heterocycles. The maximum atomic E-state index is 11.0. The molecule has 0 spiro atoms. The van der Waals surface area contributed by atoms with Gasteiger partial charge in [-0.2, -0.15) is 0 Å². The van der Waals surface area contributed by atoms with Gasteiger partial charge >= 0.3 is 5.97 Å². The fourth-order valence-electron chi connectivity index (χ4n) is 1.31. The highest BCUT2D eigenvalue weighted by atomic mass is 32.2. The summed E-state index contributed by atoms with van der Waals surface area (Å²) in [6, 6.07) is 1.77. The standard InChI is InChI=1S/C11H12N4O2S2/c1-6-8(9(16)17)19-11(13-6)18-7-4-5-12-10(14-7)15(2)3/h4-5H,1-3H3,(H,16,17). The Balaban J connectivity index is 2.24. The van der Waals surface area contributed by atoms with Gasteiger partial charge in [-0.3, -0.25) is 0 Å². The first-order valence-corrected chi connectivity index (χ1v) is 6.99. The SMILES string of the molecule is Cc1nc(Sc2ccnc(N(C)C)n2)sc1C(=O)O. The van der Waals surface area contributed by atoms with E-state index in [4.69, 9.17) is 5.11 Å². The normalized spacial score (nSPS) is 10.5. The number of aryl methyl sites for hydroxylation is 1. The zero-order chi connectivity index (χ0) is 14.0. The number of carboxylic acid groups (broad SMARTS) is 1. The second-order valence-electron chi connectivity index (χ2n) is 3.89. The molecule has 0 fully saturated rings. The van der Waals surface area contributed by atoms with Crippen molar-refractivity contribution in [3.63, 3.8) is 0 Å². The number of anilines is 1. The zero-order valence-corrected chi connectivity index (χ0v) is 12.2. The highest BCUT2D eigenvalue weighted by Crippen LogP contribution is 2.32. The second kappa shape index (κ2) is 5.54. The summed E-state index contributed by atoms with van der Waals surface area (Å²) in [5, 5.41) is 9.73. The third kappa shape index (κ3) is 3.21. The lowest BCUT2D eigenvalue weighted by molar-refractivity contribution is 0.0701. The van der Waals surface area contributed by atoms with E-state index in [0.29, 0.717) is 16.0 Å². The summed E-state index contributed by atoms with van der Waals surface area (Å²) in [5.41, 5.74) is 0.530. The van der Waals surface area contributed by atoms with E-state index in [9.17, 15) is 4.79 Å². The minimum atomic E-state index is -0.946. The number of hydrogen-bond donors (Lipinski definition) is 1. The average molecular weight is 296 g/mol. The third-order valence-electron chi connectivity index (χ3n) is 2.18. The van der Waals surface area contributed by atoms with E-state index in [1.54, 1.807) is 24.1 Å². The molecule has 0 aromatic carbocycles. The molecule has 2 heterocycles. The van der Waals surface area contributed by atoms with E-state index in [1.165, 1.54) is 11.8 Å². The zero-order valence-electron chi connectivity index (χ0n) is 10.6. The Morgan fingerprint density at radius 1 is 1.42 bits per heavy atom. The molecule has 0 unspecified atom stereocenters. The van der Waals surface area contributed by atoms with Crippen molar-refractivity contribution in [2.75, 3.05) is 19.0 Å². The molecule has 0 amide bonds. The van der Waals surface area contributed by atoms with Crippen LogP contribution in [0, 0.1) is 6.92 Å². The molecule has 0 atom stereocenters. The van der Waals surface area contributed by atoms with E-state index in [-0.39, 0.29) is 4.88 Å². The van der Waals surface area contributed by atoms with Crippen LogP contribution in [0.2, 0.25) is 0 Å². The number of aromatic nitrogens is 3. The van der Waals surface area contributed by atoms with Crippen LogP contribution in [0.1, 0.15) is 15.4 Å². The van der Waals surface area contributed by atoms with E-state index in [1.807, 2.05) is 14.1 Å². The predicted octanol–water partition coefficient (Wildman–Crippen LogP) is 2.16. The van der Waals surface area contributed by atoms with Gasteiger partial charge in [-0.1, -0.05) is 11.3 Å². The van der Waals surface area contributed by atoms with Crippen molar-refractivity contribution in [1.82, 2.24) is 15.0 Å². The van der Waals surface area contributed by atoms with Crippen molar-refractivity contribution in [1.29, 1.82) is 0 Å². The Kier molecular flexibility index (Phi) is 4.01. The quantitative estimate of drug-likeness (QED) is 0.866. The number of hydrogen-bond acceptors (Lipinski definition) is 7. The van der Waals surface area contributed by atoms with Gasteiger partial charge in [0.15, 0.2) is 4.34 Å². The number of nitrogens with zero attached hydrogens (tertiary/aromatic N) is 4. The van der Waals surface area contributed by atoms with Crippen molar-refractivity contribution >= 4 is 35.0 Å². The molecule has 0 radical (unpaired) electrons. The highest BCUT2D eigenvalue weighted by Gasteiger charge is 2.15. The first kappa shape index (κ1) is 13.8. The third-order valence-corrected chi connectivity index (χ3v) is 4.32. The molecule has 0 aliphatic rings. The van der Waals surface area contributed by atoms with Gasteiger partial charge in [-0.05, 0) is 24.8 Å². The van der Waals surface area contributed by atoms with Crippen molar-refractivity contribution in [3.05, 3.63) is 22.8 Å². The second-order valence-corrected chi connectivity index (χ2v) is 6.16. The lowest BCUT2D eigenvalue weighted by Crippen LogP contribution is -2.12.